The lowest BCUT2D eigenvalue weighted by Crippen LogP contribution is -2.07. The molecule has 2 aromatic heterocycles. The Morgan fingerprint density at radius 3 is 2.94 bits per heavy atom. The second-order valence-electron chi connectivity index (χ2n) is 3.55. The van der Waals surface area contributed by atoms with Gasteiger partial charge in [0.05, 0.1) is 12.3 Å². The number of carbonyl (C=O) groups excluding carboxylic acids is 1. The summed E-state index contributed by atoms with van der Waals surface area (Å²) >= 11 is 0. The number of carbonyl (C=O) groups is 1. The summed E-state index contributed by atoms with van der Waals surface area (Å²) in [7, 11) is 0. The maximum atomic E-state index is 13.7. The fourth-order valence-electron chi connectivity index (χ4n) is 1.77. The van der Waals surface area contributed by atoms with Gasteiger partial charge in [-0.2, -0.15) is 5.10 Å². The van der Waals surface area contributed by atoms with Gasteiger partial charge >= 0.3 is 5.97 Å². The van der Waals surface area contributed by atoms with Crippen LogP contribution in [0.15, 0.2) is 18.3 Å². The molecular weight excluding hydrogens is 223 g/mol. The quantitative estimate of drug-likeness (QED) is 0.767. The molecule has 0 spiro atoms. The standard InChI is InChI=1S/C12H13FN2O2/c1-3-9-10(12(16)17-4-2)11-8(13)6-5-7-15(11)14-9/h5-7H,3-4H2,1-2H3. The van der Waals surface area contributed by atoms with Crippen molar-refractivity contribution < 1.29 is 13.9 Å². The molecular formula is C12H13FN2O2. The summed E-state index contributed by atoms with van der Waals surface area (Å²) in [6.45, 7) is 3.84. The first-order valence-corrected chi connectivity index (χ1v) is 5.51. The summed E-state index contributed by atoms with van der Waals surface area (Å²) in [5, 5.41) is 4.17. The van der Waals surface area contributed by atoms with Gasteiger partial charge in [0.2, 0.25) is 0 Å². The Morgan fingerprint density at radius 1 is 1.53 bits per heavy atom. The van der Waals surface area contributed by atoms with Crippen molar-refractivity contribution >= 4 is 11.5 Å². The van der Waals surface area contributed by atoms with Crippen LogP contribution in [0.3, 0.4) is 0 Å². The third kappa shape index (κ3) is 1.88. The van der Waals surface area contributed by atoms with E-state index in [1.807, 2.05) is 6.92 Å². The van der Waals surface area contributed by atoms with Crippen LogP contribution in [-0.4, -0.2) is 22.2 Å². The Hall–Kier alpha value is -1.91. The van der Waals surface area contributed by atoms with E-state index >= 15 is 0 Å². The van der Waals surface area contributed by atoms with Gasteiger partial charge in [0, 0.05) is 6.20 Å². The average molecular weight is 236 g/mol. The number of aromatic nitrogens is 2. The summed E-state index contributed by atoms with van der Waals surface area (Å²) < 4.78 is 20.0. The Morgan fingerprint density at radius 2 is 2.29 bits per heavy atom. The van der Waals surface area contributed by atoms with Crippen LogP contribution in [0.4, 0.5) is 4.39 Å². The highest BCUT2D eigenvalue weighted by Gasteiger charge is 2.22. The van der Waals surface area contributed by atoms with Crippen LogP contribution in [0, 0.1) is 5.82 Å². The summed E-state index contributed by atoms with van der Waals surface area (Å²) in [4.78, 5) is 11.8. The van der Waals surface area contributed by atoms with Gasteiger partial charge in [-0.1, -0.05) is 6.92 Å². The fraction of sp³-hybridized carbons (Fsp3) is 0.333. The number of fused-ring (bicyclic) bond motifs is 1. The molecule has 0 amide bonds. The predicted octanol–water partition coefficient (Wildman–Crippen LogP) is 2.21. The van der Waals surface area contributed by atoms with E-state index in [9.17, 15) is 9.18 Å². The van der Waals surface area contributed by atoms with Crippen molar-refractivity contribution in [1.29, 1.82) is 0 Å². The number of hydrogen-bond donors (Lipinski definition) is 0. The van der Waals surface area contributed by atoms with Crippen molar-refractivity contribution in [2.45, 2.75) is 20.3 Å². The molecule has 0 aliphatic heterocycles. The van der Waals surface area contributed by atoms with E-state index in [1.165, 1.54) is 10.6 Å². The first kappa shape index (κ1) is 11.6. The molecule has 0 aliphatic carbocycles. The number of pyridine rings is 1. The second-order valence-corrected chi connectivity index (χ2v) is 3.55. The number of esters is 1. The molecule has 2 rings (SSSR count). The summed E-state index contributed by atoms with van der Waals surface area (Å²) in [5.74, 6) is -0.993. The number of aryl methyl sites for hydroxylation is 1. The Bertz CT molecular complexity index is 563. The van der Waals surface area contributed by atoms with E-state index in [0.29, 0.717) is 12.1 Å². The van der Waals surface area contributed by atoms with Crippen LogP contribution >= 0.6 is 0 Å². The number of ether oxygens (including phenoxy) is 1. The van der Waals surface area contributed by atoms with Crippen LogP contribution in [-0.2, 0) is 11.2 Å². The van der Waals surface area contributed by atoms with E-state index in [0.717, 1.165) is 0 Å². The molecule has 0 aliphatic rings. The molecule has 0 unspecified atom stereocenters. The molecule has 17 heavy (non-hydrogen) atoms. The third-order valence-corrected chi connectivity index (χ3v) is 2.49. The first-order chi connectivity index (χ1) is 8.19. The van der Waals surface area contributed by atoms with E-state index in [1.54, 1.807) is 19.2 Å². The molecule has 0 radical (unpaired) electrons. The van der Waals surface area contributed by atoms with Crippen molar-refractivity contribution in [3.8, 4) is 0 Å². The molecule has 0 saturated heterocycles. The Kier molecular flexibility index (Phi) is 3.08. The first-order valence-electron chi connectivity index (χ1n) is 5.51. The van der Waals surface area contributed by atoms with Crippen molar-refractivity contribution in [2.75, 3.05) is 6.61 Å². The predicted molar refractivity (Wildman–Crippen MR) is 60.5 cm³/mol. The van der Waals surface area contributed by atoms with E-state index < -0.39 is 11.8 Å². The minimum Gasteiger partial charge on any atom is -0.462 e. The molecule has 2 aromatic rings. The zero-order chi connectivity index (χ0) is 12.4. The lowest BCUT2D eigenvalue weighted by Gasteiger charge is -2.01. The molecule has 0 N–H and O–H groups in total. The molecule has 0 fully saturated rings. The van der Waals surface area contributed by atoms with Gasteiger partial charge in [-0.25, -0.2) is 13.7 Å². The topological polar surface area (TPSA) is 43.6 Å². The maximum absolute atomic E-state index is 13.7. The molecule has 0 saturated carbocycles. The van der Waals surface area contributed by atoms with Crippen LogP contribution in [0.1, 0.15) is 29.9 Å². The smallest absolute Gasteiger partial charge is 0.342 e. The van der Waals surface area contributed by atoms with Gasteiger partial charge in [-0.3, -0.25) is 0 Å². The normalized spacial score (nSPS) is 10.8. The number of nitrogens with zero attached hydrogens (tertiary/aromatic N) is 2. The number of hydrogen-bond acceptors (Lipinski definition) is 3. The van der Waals surface area contributed by atoms with Crippen LogP contribution < -0.4 is 0 Å². The Labute approximate surface area is 98.0 Å². The lowest BCUT2D eigenvalue weighted by molar-refractivity contribution is 0.0527. The highest BCUT2D eigenvalue weighted by atomic mass is 19.1. The monoisotopic (exact) mass is 236 g/mol. The average Bonchev–Trinajstić information content (AvgIpc) is 2.69. The van der Waals surface area contributed by atoms with Gasteiger partial charge in [-0.15, -0.1) is 0 Å². The summed E-state index contributed by atoms with van der Waals surface area (Å²) in [6, 6.07) is 2.85. The van der Waals surface area contributed by atoms with Crippen LogP contribution in [0.2, 0.25) is 0 Å². The minimum absolute atomic E-state index is 0.183. The van der Waals surface area contributed by atoms with Crippen molar-refractivity contribution in [3.05, 3.63) is 35.4 Å². The molecule has 2 heterocycles. The van der Waals surface area contributed by atoms with Crippen molar-refractivity contribution in [3.63, 3.8) is 0 Å². The van der Waals surface area contributed by atoms with E-state index in [2.05, 4.69) is 5.10 Å². The Balaban J connectivity index is 2.69. The largest absolute Gasteiger partial charge is 0.462 e. The number of halogens is 1. The van der Waals surface area contributed by atoms with Gasteiger partial charge < -0.3 is 4.74 Å². The third-order valence-electron chi connectivity index (χ3n) is 2.49. The minimum atomic E-state index is -0.524. The summed E-state index contributed by atoms with van der Waals surface area (Å²) in [6.07, 6.45) is 2.16. The van der Waals surface area contributed by atoms with E-state index in [4.69, 9.17) is 4.74 Å². The molecule has 90 valence electrons. The van der Waals surface area contributed by atoms with Gasteiger partial charge in [-0.05, 0) is 25.5 Å². The number of rotatable bonds is 3. The zero-order valence-corrected chi connectivity index (χ0v) is 9.74. The van der Waals surface area contributed by atoms with E-state index in [-0.39, 0.29) is 17.7 Å². The highest BCUT2D eigenvalue weighted by molar-refractivity contribution is 5.98. The molecule has 4 nitrogen and oxygen atoms in total. The van der Waals surface area contributed by atoms with Gasteiger partial charge in [0.15, 0.2) is 0 Å². The zero-order valence-electron chi connectivity index (χ0n) is 9.74. The SMILES string of the molecule is CCOC(=O)c1c(CC)nn2cccc(F)c12. The lowest BCUT2D eigenvalue weighted by atomic mass is 10.1. The maximum Gasteiger partial charge on any atom is 0.342 e. The molecule has 0 atom stereocenters. The van der Waals surface area contributed by atoms with Gasteiger partial charge in [0.25, 0.3) is 0 Å². The molecule has 5 heteroatoms. The van der Waals surface area contributed by atoms with Crippen LogP contribution in [0.25, 0.3) is 5.52 Å². The van der Waals surface area contributed by atoms with Crippen LogP contribution in [0.5, 0.6) is 0 Å². The second kappa shape index (κ2) is 4.53. The van der Waals surface area contributed by atoms with Crippen molar-refractivity contribution in [2.24, 2.45) is 0 Å². The molecule has 0 bridgehead atoms. The summed E-state index contributed by atoms with van der Waals surface area (Å²) in [5.41, 5.74) is 0.962. The molecule has 0 aromatic carbocycles. The highest BCUT2D eigenvalue weighted by Crippen LogP contribution is 2.20. The fourth-order valence-corrected chi connectivity index (χ4v) is 1.77. The van der Waals surface area contributed by atoms with Crippen molar-refractivity contribution in [1.82, 2.24) is 9.61 Å². The van der Waals surface area contributed by atoms with Gasteiger partial charge in [0.1, 0.15) is 16.9 Å².